The van der Waals surface area contributed by atoms with Crippen molar-refractivity contribution in [3.63, 3.8) is 0 Å². The Balaban J connectivity index is 0.00000306. The van der Waals surface area contributed by atoms with Crippen LogP contribution in [0.3, 0.4) is 0 Å². The molecule has 0 radical (unpaired) electrons. The average molecular weight is 470 g/mol. The van der Waals surface area contributed by atoms with Crippen LogP contribution in [0.25, 0.3) is 11.1 Å². The van der Waals surface area contributed by atoms with Gasteiger partial charge in [-0.2, -0.15) is 5.26 Å². The van der Waals surface area contributed by atoms with Gasteiger partial charge in [0.05, 0.1) is 18.0 Å². The third kappa shape index (κ3) is 6.15. The van der Waals surface area contributed by atoms with Gasteiger partial charge in [-0.3, -0.25) is 0 Å². The van der Waals surface area contributed by atoms with Crippen molar-refractivity contribution in [2.75, 3.05) is 0 Å². The predicted molar refractivity (Wildman–Crippen MR) is 121 cm³/mol. The number of nitriles is 1. The Morgan fingerprint density at radius 3 is 2.24 bits per heavy atom. The summed E-state index contributed by atoms with van der Waals surface area (Å²) in [5, 5.41) is 8.93. The van der Waals surface area contributed by atoms with Crippen molar-refractivity contribution in [1.29, 1.82) is 5.26 Å². The third-order valence-electron chi connectivity index (χ3n) is 5.00. The summed E-state index contributed by atoms with van der Waals surface area (Å²) >= 11 is 0. The molecule has 0 N–H and O–H groups in total. The Hall–Kier alpha value is -3.76. The number of rotatable bonds is 6. The van der Waals surface area contributed by atoms with Crippen molar-refractivity contribution in [3.05, 3.63) is 108 Å². The zero-order valence-electron chi connectivity index (χ0n) is 17.3. The van der Waals surface area contributed by atoms with Gasteiger partial charge in [0, 0.05) is 30.4 Å². The first-order chi connectivity index (χ1) is 15.4. The number of alkyl halides is 3. The number of aromatic nitrogens is 2. The highest BCUT2D eigenvalue weighted by atomic mass is 35.5. The molecule has 33 heavy (non-hydrogen) atoms. The van der Waals surface area contributed by atoms with Crippen LogP contribution >= 0.6 is 12.4 Å². The molecule has 0 aliphatic heterocycles. The first kappa shape index (κ1) is 23.9. The molecule has 0 aliphatic carbocycles. The molecule has 0 aliphatic rings. The summed E-state index contributed by atoms with van der Waals surface area (Å²) in [6, 6.07) is 22.9. The standard InChI is InChI=1S/C25H18F3N3O.ClH/c26-25(27,28)32-24-4-2-1-3-23(24)21-11-9-20(10-12-21)16-31-17-30-15-22(31)13-18-5-7-19(14-29)8-6-18;/h1-12,15,17H,13,16H2;1H. The van der Waals surface area contributed by atoms with Gasteiger partial charge in [-0.25, -0.2) is 4.98 Å². The monoisotopic (exact) mass is 469 g/mol. The molecule has 168 valence electrons. The van der Waals surface area contributed by atoms with E-state index in [1.807, 2.05) is 28.8 Å². The molecule has 0 atom stereocenters. The summed E-state index contributed by atoms with van der Waals surface area (Å²) in [5.74, 6) is -0.230. The second-order valence-electron chi connectivity index (χ2n) is 7.24. The number of halogens is 4. The van der Waals surface area contributed by atoms with Crippen molar-refractivity contribution >= 4 is 12.4 Å². The second kappa shape index (κ2) is 10.2. The minimum absolute atomic E-state index is 0. The Morgan fingerprint density at radius 1 is 0.909 bits per heavy atom. The fourth-order valence-corrected chi connectivity index (χ4v) is 3.45. The first-order valence-corrected chi connectivity index (χ1v) is 9.83. The second-order valence-corrected chi connectivity index (χ2v) is 7.24. The van der Waals surface area contributed by atoms with Gasteiger partial charge in [0.2, 0.25) is 0 Å². The lowest BCUT2D eigenvalue weighted by molar-refractivity contribution is -0.274. The average Bonchev–Trinajstić information content (AvgIpc) is 3.21. The molecule has 0 spiro atoms. The number of imidazole rings is 1. The molecule has 0 amide bonds. The summed E-state index contributed by atoms with van der Waals surface area (Å²) in [5.41, 5.74) is 4.70. The lowest BCUT2D eigenvalue weighted by Crippen LogP contribution is -2.17. The molecule has 4 aromatic rings. The van der Waals surface area contributed by atoms with E-state index < -0.39 is 6.36 Å². The highest BCUT2D eigenvalue weighted by Gasteiger charge is 2.32. The Morgan fingerprint density at radius 2 is 1.58 bits per heavy atom. The van der Waals surface area contributed by atoms with Gasteiger partial charge in [-0.15, -0.1) is 25.6 Å². The van der Waals surface area contributed by atoms with Crippen molar-refractivity contribution < 1.29 is 17.9 Å². The van der Waals surface area contributed by atoms with Gasteiger partial charge >= 0.3 is 6.36 Å². The van der Waals surface area contributed by atoms with Crippen LogP contribution in [0, 0.1) is 11.3 Å². The fourth-order valence-electron chi connectivity index (χ4n) is 3.45. The lowest BCUT2D eigenvalue weighted by Gasteiger charge is -2.14. The van der Waals surface area contributed by atoms with Gasteiger partial charge in [0.25, 0.3) is 0 Å². The van der Waals surface area contributed by atoms with Crippen LogP contribution < -0.4 is 4.74 Å². The van der Waals surface area contributed by atoms with Crippen LogP contribution in [0.5, 0.6) is 5.75 Å². The number of hydrogen-bond donors (Lipinski definition) is 0. The zero-order chi connectivity index (χ0) is 22.6. The van der Waals surface area contributed by atoms with Gasteiger partial charge < -0.3 is 9.30 Å². The molecule has 8 heteroatoms. The summed E-state index contributed by atoms with van der Waals surface area (Å²) in [6.07, 6.45) is -0.522. The van der Waals surface area contributed by atoms with Gasteiger partial charge in [0.15, 0.2) is 0 Å². The van der Waals surface area contributed by atoms with Crippen LogP contribution in [0.1, 0.15) is 22.4 Å². The molecule has 1 aromatic heterocycles. The van der Waals surface area contributed by atoms with Crippen LogP contribution in [-0.2, 0) is 13.0 Å². The van der Waals surface area contributed by atoms with E-state index in [-0.39, 0.29) is 18.2 Å². The molecule has 4 nitrogen and oxygen atoms in total. The zero-order valence-corrected chi connectivity index (χ0v) is 18.1. The summed E-state index contributed by atoms with van der Waals surface area (Å²) < 4.78 is 44.3. The van der Waals surface area contributed by atoms with Gasteiger partial charge in [-0.05, 0) is 34.9 Å². The largest absolute Gasteiger partial charge is 0.573 e. The van der Waals surface area contributed by atoms with E-state index in [2.05, 4.69) is 15.8 Å². The molecular weight excluding hydrogens is 451 g/mol. The number of hydrogen-bond acceptors (Lipinski definition) is 3. The van der Waals surface area contributed by atoms with Gasteiger partial charge in [0.1, 0.15) is 5.75 Å². The maximum absolute atomic E-state index is 12.7. The molecule has 0 saturated carbocycles. The molecular formula is C25H19ClF3N3O. The van der Waals surface area contributed by atoms with E-state index in [0.29, 0.717) is 29.7 Å². The Kier molecular flexibility index (Phi) is 7.41. The van der Waals surface area contributed by atoms with Crippen LogP contribution in [-0.4, -0.2) is 15.9 Å². The molecule has 1 heterocycles. The Labute approximate surface area is 195 Å². The van der Waals surface area contributed by atoms with Crippen LogP contribution in [0.15, 0.2) is 85.3 Å². The molecule has 3 aromatic carbocycles. The maximum atomic E-state index is 12.7. The highest BCUT2D eigenvalue weighted by molar-refractivity contribution is 5.85. The summed E-state index contributed by atoms with van der Waals surface area (Å²) in [4.78, 5) is 4.25. The van der Waals surface area contributed by atoms with E-state index in [1.54, 1.807) is 48.9 Å². The van der Waals surface area contributed by atoms with Crippen molar-refractivity contribution in [3.8, 4) is 22.9 Å². The highest BCUT2D eigenvalue weighted by Crippen LogP contribution is 2.33. The number of para-hydroxylation sites is 1. The Bertz CT molecular complexity index is 1240. The molecule has 4 rings (SSSR count). The smallest absolute Gasteiger partial charge is 0.405 e. The summed E-state index contributed by atoms with van der Waals surface area (Å²) in [7, 11) is 0. The van der Waals surface area contributed by atoms with E-state index in [0.717, 1.165) is 16.8 Å². The van der Waals surface area contributed by atoms with Crippen molar-refractivity contribution in [2.24, 2.45) is 0 Å². The van der Waals surface area contributed by atoms with E-state index in [4.69, 9.17) is 5.26 Å². The topological polar surface area (TPSA) is 50.8 Å². The first-order valence-electron chi connectivity index (χ1n) is 9.83. The minimum atomic E-state index is -4.75. The number of nitrogens with zero attached hydrogens (tertiary/aromatic N) is 3. The fraction of sp³-hybridized carbons (Fsp3) is 0.120. The SMILES string of the molecule is Cl.N#Cc1ccc(Cc2cncn2Cc2ccc(-c3ccccc3OC(F)(F)F)cc2)cc1. The third-order valence-corrected chi connectivity index (χ3v) is 5.00. The van der Waals surface area contributed by atoms with E-state index >= 15 is 0 Å². The lowest BCUT2D eigenvalue weighted by atomic mass is 10.0. The minimum Gasteiger partial charge on any atom is -0.405 e. The van der Waals surface area contributed by atoms with Crippen LogP contribution in [0.2, 0.25) is 0 Å². The van der Waals surface area contributed by atoms with E-state index in [9.17, 15) is 13.2 Å². The van der Waals surface area contributed by atoms with Crippen molar-refractivity contribution in [2.45, 2.75) is 19.3 Å². The summed E-state index contributed by atoms with van der Waals surface area (Å²) in [6.45, 7) is 0.576. The van der Waals surface area contributed by atoms with Crippen LogP contribution in [0.4, 0.5) is 13.2 Å². The van der Waals surface area contributed by atoms with Gasteiger partial charge in [-0.1, -0.05) is 54.6 Å². The number of benzene rings is 3. The molecule has 0 fully saturated rings. The predicted octanol–water partition coefficient (Wildman–Crippen LogP) is 6.38. The molecule has 0 bridgehead atoms. The van der Waals surface area contributed by atoms with E-state index in [1.165, 1.54) is 12.1 Å². The molecule has 0 saturated heterocycles. The maximum Gasteiger partial charge on any atom is 0.573 e. The normalized spacial score (nSPS) is 10.8. The quantitative estimate of drug-likeness (QED) is 0.329. The molecule has 0 unspecified atom stereocenters. The van der Waals surface area contributed by atoms with Crippen molar-refractivity contribution in [1.82, 2.24) is 9.55 Å². The number of ether oxygens (including phenoxy) is 1.